The van der Waals surface area contributed by atoms with Crippen LogP contribution in [0.2, 0.25) is 5.02 Å². The molecule has 0 unspecified atom stereocenters. The lowest BCUT2D eigenvalue weighted by molar-refractivity contribution is -0.155. The molecule has 180 valence electrons. The number of aromatic nitrogens is 4. The fourth-order valence-electron chi connectivity index (χ4n) is 4.74. The van der Waals surface area contributed by atoms with Crippen molar-refractivity contribution in [3.05, 3.63) is 57.0 Å². The summed E-state index contributed by atoms with van der Waals surface area (Å²) in [5.74, 6) is 2.50. The van der Waals surface area contributed by atoms with E-state index in [1.165, 1.54) is 5.01 Å². The van der Waals surface area contributed by atoms with Crippen molar-refractivity contribution in [3.63, 3.8) is 0 Å². The van der Waals surface area contributed by atoms with Crippen LogP contribution < -0.4 is 0 Å². The topological polar surface area (TPSA) is 82.4 Å². The monoisotopic (exact) mass is 501 g/mol. The number of fused-ring (bicyclic) bond motifs is 3. The third-order valence-corrected chi connectivity index (χ3v) is 7.36. The molecular weight excluding hydrogens is 474 g/mol. The molecule has 34 heavy (non-hydrogen) atoms. The first-order valence-electron chi connectivity index (χ1n) is 11.5. The van der Waals surface area contributed by atoms with Crippen LogP contribution in [0.5, 0.6) is 0 Å². The maximum Gasteiger partial charge on any atom is 0.528 e. The minimum Gasteiger partial charge on any atom is -0.427 e. The van der Waals surface area contributed by atoms with Gasteiger partial charge in [0.2, 0.25) is 0 Å². The summed E-state index contributed by atoms with van der Waals surface area (Å²) >= 11 is 8.07. The second-order valence-electron chi connectivity index (χ2n) is 9.86. The molecule has 2 aromatic heterocycles. The molecule has 1 aliphatic carbocycles. The Morgan fingerprint density at radius 2 is 1.88 bits per heavy atom. The van der Waals surface area contributed by atoms with Crippen LogP contribution in [0.25, 0.3) is 5.69 Å². The minimum atomic E-state index is -0.746. The Labute approximate surface area is 207 Å². The number of thiazole rings is 1. The van der Waals surface area contributed by atoms with E-state index in [1.807, 2.05) is 29.8 Å². The number of hydroxylamine groups is 2. The summed E-state index contributed by atoms with van der Waals surface area (Å²) in [6.45, 7) is 6.08. The smallest absolute Gasteiger partial charge is 0.427 e. The number of carbonyl (C=O) groups excluding carboxylic acids is 1. The summed E-state index contributed by atoms with van der Waals surface area (Å²) in [6.07, 6.45) is 5.37. The van der Waals surface area contributed by atoms with Crippen LogP contribution in [0.4, 0.5) is 4.79 Å². The summed E-state index contributed by atoms with van der Waals surface area (Å²) in [5.41, 5.74) is 1.26. The first-order chi connectivity index (χ1) is 16.3. The van der Waals surface area contributed by atoms with E-state index in [2.05, 4.69) is 19.7 Å². The number of benzene rings is 1. The van der Waals surface area contributed by atoms with E-state index in [9.17, 15) is 4.79 Å². The zero-order valence-corrected chi connectivity index (χ0v) is 21.1. The highest BCUT2D eigenvalue weighted by Crippen LogP contribution is 2.42. The number of carbonyl (C=O) groups is 1. The number of rotatable bonds is 3. The van der Waals surface area contributed by atoms with Crippen molar-refractivity contribution in [2.24, 2.45) is 0 Å². The zero-order valence-electron chi connectivity index (χ0n) is 19.5. The van der Waals surface area contributed by atoms with Gasteiger partial charge in [0.15, 0.2) is 5.82 Å². The number of ether oxygens (including phenoxy) is 1. The highest BCUT2D eigenvalue weighted by Gasteiger charge is 2.33. The molecule has 8 nitrogen and oxygen atoms in total. The minimum absolute atomic E-state index is 0.299. The Morgan fingerprint density at radius 1 is 1.12 bits per heavy atom. The molecule has 1 saturated carbocycles. The maximum absolute atomic E-state index is 12.4. The lowest BCUT2D eigenvalue weighted by Gasteiger charge is -2.27. The Morgan fingerprint density at radius 3 is 2.59 bits per heavy atom. The second kappa shape index (κ2) is 9.28. The van der Waals surface area contributed by atoms with E-state index in [4.69, 9.17) is 21.2 Å². The van der Waals surface area contributed by atoms with Gasteiger partial charge in [0.05, 0.1) is 23.8 Å². The third kappa shape index (κ3) is 4.96. The largest absolute Gasteiger partial charge is 0.528 e. The predicted octanol–water partition coefficient (Wildman–Crippen LogP) is 6.00. The van der Waals surface area contributed by atoms with Gasteiger partial charge in [0.1, 0.15) is 11.4 Å². The van der Waals surface area contributed by atoms with Crippen LogP contribution in [-0.2, 0) is 22.7 Å². The SMILES string of the molecule is CC(C)(C)OC(=O)ON1Cc2cc(Cl)ccc2-n2c(nnc2C2CCC(c3nccs3)CC2)C1. The molecule has 3 heterocycles. The number of halogens is 1. The molecule has 0 N–H and O–H groups in total. The van der Waals surface area contributed by atoms with E-state index in [0.29, 0.717) is 29.9 Å². The van der Waals surface area contributed by atoms with Crippen LogP contribution in [0.3, 0.4) is 0 Å². The summed E-state index contributed by atoms with van der Waals surface area (Å²) in [6, 6.07) is 5.77. The van der Waals surface area contributed by atoms with E-state index in [0.717, 1.165) is 48.6 Å². The molecule has 1 aliphatic heterocycles. The molecule has 0 radical (unpaired) electrons. The van der Waals surface area contributed by atoms with Crippen molar-refractivity contribution in [3.8, 4) is 5.69 Å². The summed E-state index contributed by atoms with van der Waals surface area (Å²) in [7, 11) is 0. The van der Waals surface area contributed by atoms with Gasteiger partial charge < -0.3 is 9.57 Å². The molecule has 5 rings (SSSR count). The second-order valence-corrected chi connectivity index (χ2v) is 11.2. The molecule has 2 aliphatic rings. The highest BCUT2D eigenvalue weighted by atomic mass is 35.5. The van der Waals surface area contributed by atoms with E-state index in [1.54, 1.807) is 37.2 Å². The first kappa shape index (κ1) is 23.3. The molecule has 3 aromatic rings. The van der Waals surface area contributed by atoms with Crippen LogP contribution in [0.1, 0.15) is 80.5 Å². The van der Waals surface area contributed by atoms with Crippen molar-refractivity contribution >= 4 is 29.1 Å². The first-order valence-corrected chi connectivity index (χ1v) is 12.8. The van der Waals surface area contributed by atoms with Gasteiger partial charge in [-0.25, -0.2) is 9.78 Å². The van der Waals surface area contributed by atoms with E-state index >= 15 is 0 Å². The predicted molar refractivity (Wildman–Crippen MR) is 129 cm³/mol. The fourth-order valence-corrected chi connectivity index (χ4v) is 5.74. The Kier molecular flexibility index (Phi) is 6.35. The number of hydrogen-bond acceptors (Lipinski definition) is 8. The third-order valence-electron chi connectivity index (χ3n) is 6.19. The average Bonchev–Trinajstić information content (AvgIpc) is 3.41. The van der Waals surface area contributed by atoms with Crippen molar-refractivity contribution in [1.82, 2.24) is 24.8 Å². The van der Waals surface area contributed by atoms with Crippen LogP contribution in [0, 0.1) is 0 Å². The molecule has 10 heteroatoms. The van der Waals surface area contributed by atoms with Gasteiger partial charge in [-0.1, -0.05) is 11.6 Å². The molecular formula is C24H28ClN5O3S. The van der Waals surface area contributed by atoms with Gasteiger partial charge in [0, 0.05) is 28.4 Å². The maximum atomic E-state index is 12.4. The molecule has 0 atom stereocenters. The molecule has 0 bridgehead atoms. The number of hydrogen-bond donors (Lipinski definition) is 0. The van der Waals surface area contributed by atoms with Gasteiger partial charge in [-0.05, 0) is 70.2 Å². The molecule has 0 saturated heterocycles. The zero-order chi connectivity index (χ0) is 23.9. The highest BCUT2D eigenvalue weighted by molar-refractivity contribution is 7.09. The normalized spacial score (nSPS) is 20.8. The van der Waals surface area contributed by atoms with Gasteiger partial charge >= 0.3 is 6.16 Å². The summed E-state index contributed by atoms with van der Waals surface area (Å²) in [4.78, 5) is 22.4. The molecule has 1 fully saturated rings. The fraction of sp³-hybridized carbons (Fsp3) is 0.500. The average molecular weight is 502 g/mol. The van der Waals surface area contributed by atoms with Crippen LogP contribution >= 0.6 is 22.9 Å². The van der Waals surface area contributed by atoms with Crippen LogP contribution in [0.15, 0.2) is 29.8 Å². The summed E-state index contributed by atoms with van der Waals surface area (Å²) < 4.78 is 7.47. The van der Waals surface area contributed by atoms with Gasteiger partial charge in [-0.15, -0.1) is 26.6 Å². The van der Waals surface area contributed by atoms with Gasteiger partial charge in [-0.2, -0.15) is 0 Å². The standard InChI is InChI=1S/C24H28ClN5O3S/c1-24(2,3)32-23(31)33-29-13-17-12-18(25)8-9-19(17)30-20(14-29)27-28-21(30)15-4-6-16(7-5-15)22-26-10-11-34-22/h8-12,15-16H,4-7,13-14H2,1-3H3. The van der Waals surface area contributed by atoms with E-state index in [-0.39, 0.29) is 0 Å². The van der Waals surface area contributed by atoms with Crippen molar-refractivity contribution < 1.29 is 14.4 Å². The number of nitrogens with zero attached hydrogens (tertiary/aromatic N) is 5. The van der Waals surface area contributed by atoms with Crippen molar-refractivity contribution in [2.45, 2.75) is 77.0 Å². The molecule has 0 amide bonds. The van der Waals surface area contributed by atoms with Crippen molar-refractivity contribution in [2.75, 3.05) is 0 Å². The van der Waals surface area contributed by atoms with Gasteiger partial charge in [-0.3, -0.25) is 4.57 Å². The van der Waals surface area contributed by atoms with E-state index < -0.39 is 11.8 Å². The lowest BCUT2D eigenvalue weighted by atomic mass is 9.82. The molecule has 0 spiro atoms. The Bertz CT molecular complexity index is 1170. The van der Waals surface area contributed by atoms with Gasteiger partial charge in [0.25, 0.3) is 0 Å². The Hall–Kier alpha value is -2.49. The molecule has 1 aromatic carbocycles. The summed E-state index contributed by atoms with van der Waals surface area (Å²) in [5, 5.41) is 14.6. The van der Waals surface area contributed by atoms with Crippen LogP contribution in [-0.4, -0.2) is 36.6 Å². The van der Waals surface area contributed by atoms with Crippen molar-refractivity contribution in [1.29, 1.82) is 0 Å². The Balaban J connectivity index is 1.41. The quantitative estimate of drug-likeness (QED) is 0.407. The lowest BCUT2D eigenvalue weighted by Crippen LogP contribution is -2.31.